The predicted octanol–water partition coefficient (Wildman–Crippen LogP) is 3.53. The van der Waals surface area contributed by atoms with Gasteiger partial charge in [-0.3, -0.25) is 9.48 Å². The number of fused-ring (bicyclic) bond motifs is 1. The average Bonchev–Trinajstić information content (AvgIpc) is 3.13. The molecular weight excluding hydrogens is 404 g/mol. The van der Waals surface area contributed by atoms with Gasteiger partial charge in [0.1, 0.15) is 5.60 Å². The van der Waals surface area contributed by atoms with Crippen LogP contribution in [0.1, 0.15) is 62.7 Å². The summed E-state index contributed by atoms with van der Waals surface area (Å²) in [5.41, 5.74) is 1.11. The quantitative estimate of drug-likeness (QED) is 0.718. The molecule has 0 fully saturated rings. The van der Waals surface area contributed by atoms with Crippen molar-refractivity contribution < 1.29 is 14.3 Å². The van der Waals surface area contributed by atoms with E-state index in [-0.39, 0.29) is 11.8 Å². The summed E-state index contributed by atoms with van der Waals surface area (Å²) in [5.74, 6) is 6.27. The highest BCUT2D eigenvalue weighted by atomic mass is 16.6. The summed E-state index contributed by atoms with van der Waals surface area (Å²) in [7, 11) is 0. The average molecular weight is 437 g/mol. The van der Waals surface area contributed by atoms with Crippen LogP contribution in [-0.2, 0) is 17.7 Å². The molecule has 0 radical (unpaired) electrons. The number of alkyl carbamates (subject to hydrolysis) is 1. The summed E-state index contributed by atoms with van der Waals surface area (Å²) in [4.78, 5) is 25.0. The molecule has 1 aromatic heterocycles. The van der Waals surface area contributed by atoms with Gasteiger partial charge in [0.05, 0.1) is 23.0 Å². The van der Waals surface area contributed by atoms with Crippen LogP contribution in [0.15, 0.2) is 36.5 Å². The first-order valence-electron chi connectivity index (χ1n) is 10.9. The van der Waals surface area contributed by atoms with Gasteiger partial charge in [-0.25, -0.2) is 4.79 Å². The molecule has 0 spiro atoms. The minimum absolute atomic E-state index is 0.195. The third kappa shape index (κ3) is 6.61. The van der Waals surface area contributed by atoms with E-state index >= 15 is 0 Å². The molecule has 2 N–H and O–H groups in total. The molecule has 2 heterocycles. The third-order valence-electron chi connectivity index (χ3n) is 5.08. The molecule has 0 aliphatic carbocycles. The molecule has 2 amide bonds. The van der Waals surface area contributed by atoms with Crippen molar-refractivity contribution in [2.45, 2.75) is 65.1 Å². The van der Waals surface area contributed by atoms with Gasteiger partial charge in [-0.2, -0.15) is 5.10 Å². The van der Waals surface area contributed by atoms with Crippen LogP contribution in [0.2, 0.25) is 0 Å². The molecule has 1 unspecified atom stereocenters. The van der Waals surface area contributed by atoms with Gasteiger partial charge in [0.25, 0.3) is 5.91 Å². The van der Waals surface area contributed by atoms with Crippen LogP contribution in [0, 0.1) is 17.8 Å². The number of nitrogens with zero attached hydrogens (tertiary/aromatic N) is 2. The Morgan fingerprint density at radius 3 is 2.59 bits per heavy atom. The molecular formula is C25H32N4O3. The Morgan fingerprint density at radius 1 is 1.19 bits per heavy atom. The lowest BCUT2D eigenvalue weighted by Gasteiger charge is -2.26. The Morgan fingerprint density at radius 2 is 1.91 bits per heavy atom. The van der Waals surface area contributed by atoms with E-state index in [1.807, 2.05) is 69.6 Å². The molecule has 7 nitrogen and oxygen atoms in total. The highest BCUT2D eigenvalue weighted by Crippen LogP contribution is 2.23. The van der Waals surface area contributed by atoms with Crippen molar-refractivity contribution in [2.75, 3.05) is 6.54 Å². The van der Waals surface area contributed by atoms with Crippen LogP contribution in [-0.4, -0.2) is 39.5 Å². The van der Waals surface area contributed by atoms with Crippen molar-refractivity contribution >= 4 is 12.0 Å². The van der Waals surface area contributed by atoms with Crippen LogP contribution < -0.4 is 10.6 Å². The second-order valence-electron chi connectivity index (χ2n) is 9.66. The molecule has 2 aromatic rings. The van der Waals surface area contributed by atoms with Crippen molar-refractivity contribution in [3.8, 4) is 11.8 Å². The molecule has 0 saturated carbocycles. The predicted molar refractivity (Wildman–Crippen MR) is 123 cm³/mol. The summed E-state index contributed by atoms with van der Waals surface area (Å²) >= 11 is 0. The number of benzene rings is 1. The van der Waals surface area contributed by atoms with Gasteiger partial charge in [-0.15, -0.1) is 0 Å². The summed E-state index contributed by atoms with van der Waals surface area (Å²) in [6.07, 6.45) is 2.73. The first kappa shape index (κ1) is 23.4. The zero-order valence-electron chi connectivity index (χ0n) is 19.5. The fraction of sp³-hybridized carbons (Fsp3) is 0.480. The number of nitrogens with one attached hydrogen (secondary N) is 2. The Hall–Kier alpha value is -3.27. The van der Waals surface area contributed by atoms with Crippen LogP contribution in [0.5, 0.6) is 0 Å². The van der Waals surface area contributed by atoms with Gasteiger partial charge in [0.15, 0.2) is 0 Å². The van der Waals surface area contributed by atoms with E-state index in [1.165, 1.54) is 0 Å². The molecule has 1 aliphatic rings. The van der Waals surface area contributed by atoms with E-state index in [0.717, 1.165) is 17.7 Å². The number of aromatic nitrogens is 2. The second kappa shape index (κ2) is 9.47. The second-order valence-corrected chi connectivity index (χ2v) is 9.66. The zero-order chi connectivity index (χ0) is 23.4. The SMILES string of the molecule is CC(C)(C#Cc1ccccc1)NC(=O)c1cnn2c1CC(CNC(=O)OC(C)(C)C)CC2. The Labute approximate surface area is 189 Å². The normalized spacial score (nSPS) is 15.7. The summed E-state index contributed by atoms with van der Waals surface area (Å²) in [5, 5.41) is 10.2. The van der Waals surface area contributed by atoms with E-state index in [0.29, 0.717) is 25.1 Å². The molecule has 1 atom stereocenters. The van der Waals surface area contributed by atoms with Gasteiger partial charge < -0.3 is 15.4 Å². The fourth-order valence-electron chi connectivity index (χ4n) is 3.54. The van der Waals surface area contributed by atoms with Gasteiger partial charge in [0, 0.05) is 18.7 Å². The molecule has 3 rings (SSSR count). The summed E-state index contributed by atoms with van der Waals surface area (Å²) in [6.45, 7) is 10.5. The molecule has 1 aromatic carbocycles. The van der Waals surface area contributed by atoms with E-state index in [2.05, 4.69) is 27.6 Å². The van der Waals surface area contributed by atoms with E-state index in [9.17, 15) is 9.59 Å². The molecule has 32 heavy (non-hydrogen) atoms. The molecule has 7 heteroatoms. The van der Waals surface area contributed by atoms with E-state index in [4.69, 9.17) is 4.74 Å². The van der Waals surface area contributed by atoms with E-state index < -0.39 is 17.2 Å². The Kier molecular flexibility index (Phi) is 6.93. The Bertz CT molecular complexity index is 1020. The number of aryl methyl sites for hydroxylation is 1. The minimum Gasteiger partial charge on any atom is -0.444 e. The highest BCUT2D eigenvalue weighted by molar-refractivity contribution is 5.96. The van der Waals surface area contributed by atoms with Crippen molar-refractivity contribution in [3.63, 3.8) is 0 Å². The molecule has 0 bridgehead atoms. The highest BCUT2D eigenvalue weighted by Gasteiger charge is 2.28. The molecule has 170 valence electrons. The summed E-state index contributed by atoms with van der Waals surface area (Å²) < 4.78 is 7.19. The topological polar surface area (TPSA) is 85.3 Å². The zero-order valence-corrected chi connectivity index (χ0v) is 19.5. The Balaban J connectivity index is 1.62. The van der Waals surface area contributed by atoms with Crippen LogP contribution in [0.3, 0.4) is 0 Å². The van der Waals surface area contributed by atoms with Gasteiger partial charge >= 0.3 is 6.09 Å². The monoisotopic (exact) mass is 436 g/mol. The number of hydrogen-bond acceptors (Lipinski definition) is 4. The summed E-state index contributed by atoms with van der Waals surface area (Å²) in [6, 6.07) is 9.68. The maximum absolute atomic E-state index is 13.0. The van der Waals surface area contributed by atoms with Crippen LogP contribution >= 0.6 is 0 Å². The number of amides is 2. The number of hydrogen-bond donors (Lipinski definition) is 2. The van der Waals surface area contributed by atoms with Crippen LogP contribution in [0.4, 0.5) is 4.79 Å². The number of ether oxygens (including phenoxy) is 1. The number of carbonyl (C=O) groups excluding carboxylic acids is 2. The first-order valence-corrected chi connectivity index (χ1v) is 10.9. The fourth-order valence-corrected chi connectivity index (χ4v) is 3.54. The maximum Gasteiger partial charge on any atom is 0.407 e. The van der Waals surface area contributed by atoms with Gasteiger partial charge in [0.2, 0.25) is 0 Å². The van der Waals surface area contributed by atoms with Gasteiger partial charge in [-0.05, 0) is 65.5 Å². The van der Waals surface area contributed by atoms with Gasteiger partial charge in [-0.1, -0.05) is 30.0 Å². The largest absolute Gasteiger partial charge is 0.444 e. The third-order valence-corrected chi connectivity index (χ3v) is 5.08. The van der Waals surface area contributed by atoms with Crippen molar-refractivity contribution in [2.24, 2.45) is 5.92 Å². The van der Waals surface area contributed by atoms with Crippen LogP contribution in [0.25, 0.3) is 0 Å². The maximum atomic E-state index is 13.0. The molecule has 1 aliphatic heterocycles. The number of carbonyl (C=O) groups is 2. The standard InChI is InChI=1S/C25H32N4O3/c1-24(2,3)32-23(31)26-16-19-12-14-29-21(15-19)20(17-27-29)22(30)28-25(4,5)13-11-18-9-7-6-8-10-18/h6-10,17,19H,12,14-16H2,1-5H3,(H,26,31)(H,28,30). The first-order chi connectivity index (χ1) is 15.0. The van der Waals surface area contributed by atoms with Crippen molar-refractivity contribution in [1.82, 2.24) is 20.4 Å². The lowest BCUT2D eigenvalue weighted by atomic mass is 9.94. The molecule has 0 saturated heterocycles. The lowest BCUT2D eigenvalue weighted by molar-refractivity contribution is 0.0516. The lowest BCUT2D eigenvalue weighted by Crippen LogP contribution is -2.43. The van der Waals surface area contributed by atoms with Crippen molar-refractivity contribution in [1.29, 1.82) is 0 Å². The van der Waals surface area contributed by atoms with Crippen molar-refractivity contribution in [3.05, 3.63) is 53.3 Å². The minimum atomic E-state index is -0.700. The smallest absolute Gasteiger partial charge is 0.407 e. The number of rotatable bonds is 4. The van der Waals surface area contributed by atoms with E-state index in [1.54, 1.807) is 6.20 Å².